The van der Waals surface area contributed by atoms with Crippen molar-refractivity contribution >= 4 is 17.6 Å². The standard InChI is InChI=1S/C15H17ClN2O3/c1-20-14-5-3-4-12(16)11(14)9-17-8-10-6-7-13(18-10)15(19)21-2/h3-7,17-18H,8-9H2,1-2H3. The molecule has 0 aliphatic heterocycles. The number of hydrogen-bond acceptors (Lipinski definition) is 4. The van der Waals surface area contributed by atoms with Gasteiger partial charge in [-0.2, -0.15) is 0 Å². The highest BCUT2D eigenvalue weighted by molar-refractivity contribution is 6.31. The maximum atomic E-state index is 11.3. The number of halogens is 1. The van der Waals surface area contributed by atoms with Gasteiger partial charge in [-0.15, -0.1) is 0 Å². The second-order valence-corrected chi connectivity index (χ2v) is 4.82. The summed E-state index contributed by atoms with van der Waals surface area (Å²) < 4.78 is 9.93. The molecule has 21 heavy (non-hydrogen) atoms. The van der Waals surface area contributed by atoms with Crippen LogP contribution in [0.2, 0.25) is 5.02 Å². The summed E-state index contributed by atoms with van der Waals surface area (Å²) in [6.45, 7) is 1.14. The Hall–Kier alpha value is -1.98. The van der Waals surface area contributed by atoms with E-state index in [2.05, 4.69) is 15.0 Å². The number of carbonyl (C=O) groups is 1. The topological polar surface area (TPSA) is 63.4 Å². The highest BCUT2D eigenvalue weighted by Gasteiger charge is 2.09. The molecule has 2 aromatic rings. The summed E-state index contributed by atoms with van der Waals surface area (Å²) in [6.07, 6.45) is 0. The lowest BCUT2D eigenvalue weighted by molar-refractivity contribution is 0.0594. The molecule has 0 saturated heterocycles. The van der Waals surface area contributed by atoms with Crippen LogP contribution in [0.3, 0.4) is 0 Å². The average molecular weight is 309 g/mol. The summed E-state index contributed by atoms with van der Waals surface area (Å²) >= 11 is 6.17. The molecule has 0 bridgehead atoms. The van der Waals surface area contributed by atoms with Crippen molar-refractivity contribution in [1.82, 2.24) is 10.3 Å². The minimum absolute atomic E-state index is 0.381. The molecule has 112 valence electrons. The van der Waals surface area contributed by atoms with Gasteiger partial charge in [0.05, 0.1) is 14.2 Å². The Morgan fingerprint density at radius 1 is 1.24 bits per heavy atom. The maximum absolute atomic E-state index is 11.3. The van der Waals surface area contributed by atoms with E-state index in [1.54, 1.807) is 13.2 Å². The van der Waals surface area contributed by atoms with E-state index in [4.69, 9.17) is 16.3 Å². The van der Waals surface area contributed by atoms with Crippen LogP contribution in [-0.2, 0) is 17.8 Å². The van der Waals surface area contributed by atoms with E-state index in [1.165, 1.54) is 7.11 Å². The monoisotopic (exact) mass is 308 g/mol. The summed E-state index contributed by atoms with van der Waals surface area (Å²) in [4.78, 5) is 14.3. The Morgan fingerprint density at radius 3 is 2.76 bits per heavy atom. The molecule has 0 spiro atoms. The molecule has 2 rings (SSSR count). The molecular formula is C15H17ClN2O3. The Kier molecular flexibility index (Phi) is 5.25. The van der Waals surface area contributed by atoms with Gasteiger partial charge in [-0.3, -0.25) is 0 Å². The van der Waals surface area contributed by atoms with Crippen molar-refractivity contribution in [3.63, 3.8) is 0 Å². The third kappa shape index (κ3) is 3.77. The van der Waals surface area contributed by atoms with E-state index in [0.29, 0.717) is 23.8 Å². The minimum Gasteiger partial charge on any atom is -0.496 e. The predicted octanol–water partition coefficient (Wildman–Crippen LogP) is 2.75. The van der Waals surface area contributed by atoms with Crippen LogP contribution in [0.1, 0.15) is 21.7 Å². The number of esters is 1. The molecule has 1 aromatic heterocycles. The average Bonchev–Trinajstić information content (AvgIpc) is 2.96. The fourth-order valence-corrected chi connectivity index (χ4v) is 2.23. The molecule has 6 heteroatoms. The molecule has 5 nitrogen and oxygen atoms in total. The van der Waals surface area contributed by atoms with E-state index in [1.807, 2.05) is 24.3 Å². The van der Waals surface area contributed by atoms with E-state index >= 15 is 0 Å². The lowest BCUT2D eigenvalue weighted by Gasteiger charge is -2.11. The quantitative estimate of drug-likeness (QED) is 0.806. The first-order chi connectivity index (χ1) is 10.2. The lowest BCUT2D eigenvalue weighted by Crippen LogP contribution is -2.14. The van der Waals surface area contributed by atoms with Crippen LogP contribution in [-0.4, -0.2) is 25.2 Å². The summed E-state index contributed by atoms with van der Waals surface area (Å²) in [7, 11) is 2.97. The number of carbonyl (C=O) groups excluding carboxylic acids is 1. The number of hydrogen-bond donors (Lipinski definition) is 2. The van der Waals surface area contributed by atoms with Crippen LogP contribution < -0.4 is 10.1 Å². The van der Waals surface area contributed by atoms with E-state index in [-0.39, 0.29) is 5.97 Å². The predicted molar refractivity (Wildman–Crippen MR) is 80.7 cm³/mol. The highest BCUT2D eigenvalue weighted by atomic mass is 35.5. The van der Waals surface area contributed by atoms with Gasteiger partial charge in [0.1, 0.15) is 11.4 Å². The van der Waals surface area contributed by atoms with Crippen molar-refractivity contribution < 1.29 is 14.3 Å². The number of nitrogens with one attached hydrogen (secondary N) is 2. The molecule has 0 atom stereocenters. The van der Waals surface area contributed by atoms with Crippen LogP contribution in [0.4, 0.5) is 0 Å². The smallest absolute Gasteiger partial charge is 0.354 e. The van der Waals surface area contributed by atoms with Crippen molar-refractivity contribution in [1.29, 1.82) is 0 Å². The van der Waals surface area contributed by atoms with Gasteiger partial charge in [0.25, 0.3) is 0 Å². The number of benzene rings is 1. The van der Waals surface area contributed by atoms with Gasteiger partial charge in [-0.05, 0) is 24.3 Å². The molecule has 0 unspecified atom stereocenters. The SMILES string of the molecule is COC(=O)c1ccc(CNCc2c(Cl)cccc2OC)[nH]1. The van der Waals surface area contributed by atoms with E-state index in [0.717, 1.165) is 17.0 Å². The lowest BCUT2D eigenvalue weighted by atomic mass is 10.2. The number of ether oxygens (including phenoxy) is 2. The van der Waals surface area contributed by atoms with Crippen LogP contribution in [0.5, 0.6) is 5.75 Å². The molecule has 1 aromatic carbocycles. The van der Waals surface area contributed by atoms with Crippen molar-refractivity contribution in [3.05, 3.63) is 52.3 Å². The highest BCUT2D eigenvalue weighted by Crippen LogP contribution is 2.25. The van der Waals surface area contributed by atoms with Crippen LogP contribution >= 0.6 is 11.6 Å². The minimum atomic E-state index is -0.381. The van der Waals surface area contributed by atoms with Crippen molar-refractivity contribution in [2.75, 3.05) is 14.2 Å². The van der Waals surface area contributed by atoms with E-state index in [9.17, 15) is 4.79 Å². The summed E-state index contributed by atoms with van der Waals surface area (Å²) in [5.74, 6) is 0.366. The number of rotatable bonds is 6. The van der Waals surface area contributed by atoms with Crippen LogP contribution in [0.15, 0.2) is 30.3 Å². The zero-order valence-electron chi connectivity index (χ0n) is 11.9. The Morgan fingerprint density at radius 2 is 2.05 bits per heavy atom. The Labute approximate surface area is 128 Å². The fourth-order valence-electron chi connectivity index (χ4n) is 2.00. The number of aromatic nitrogens is 1. The summed E-state index contributed by atoms with van der Waals surface area (Å²) in [5.41, 5.74) is 2.23. The van der Waals surface area contributed by atoms with Crippen molar-refractivity contribution in [2.45, 2.75) is 13.1 Å². The molecule has 0 saturated carbocycles. The van der Waals surface area contributed by atoms with Gasteiger partial charge in [-0.1, -0.05) is 17.7 Å². The molecule has 0 aliphatic rings. The second-order valence-electron chi connectivity index (χ2n) is 4.41. The first-order valence-electron chi connectivity index (χ1n) is 6.44. The Balaban J connectivity index is 1.96. The number of H-pyrrole nitrogens is 1. The first kappa shape index (κ1) is 15.4. The van der Waals surface area contributed by atoms with Crippen LogP contribution in [0.25, 0.3) is 0 Å². The third-order valence-electron chi connectivity index (χ3n) is 3.06. The first-order valence-corrected chi connectivity index (χ1v) is 6.81. The molecule has 0 radical (unpaired) electrons. The van der Waals surface area contributed by atoms with Gasteiger partial charge in [0, 0.05) is 29.4 Å². The van der Waals surface area contributed by atoms with Gasteiger partial charge in [0.15, 0.2) is 0 Å². The molecule has 0 amide bonds. The molecule has 1 heterocycles. The molecule has 0 fully saturated rings. The largest absolute Gasteiger partial charge is 0.496 e. The van der Waals surface area contributed by atoms with Crippen molar-refractivity contribution in [3.8, 4) is 5.75 Å². The molecular weight excluding hydrogens is 292 g/mol. The maximum Gasteiger partial charge on any atom is 0.354 e. The second kappa shape index (κ2) is 7.15. The van der Waals surface area contributed by atoms with E-state index < -0.39 is 0 Å². The Bertz CT molecular complexity index is 625. The summed E-state index contributed by atoms with van der Waals surface area (Å²) in [6, 6.07) is 9.07. The number of aromatic amines is 1. The molecule has 0 aliphatic carbocycles. The normalized spacial score (nSPS) is 10.4. The van der Waals surface area contributed by atoms with Crippen LogP contribution in [0, 0.1) is 0 Å². The third-order valence-corrected chi connectivity index (χ3v) is 3.42. The van der Waals surface area contributed by atoms with Crippen molar-refractivity contribution in [2.24, 2.45) is 0 Å². The number of methoxy groups -OCH3 is 2. The van der Waals surface area contributed by atoms with Gasteiger partial charge in [-0.25, -0.2) is 4.79 Å². The fraction of sp³-hybridized carbons (Fsp3) is 0.267. The van der Waals surface area contributed by atoms with Gasteiger partial charge in [0.2, 0.25) is 0 Å². The van der Waals surface area contributed by atoms with Gasteiger partial charge < -0.3 is 19.8 Å². The van der Waals surface area contributed by atoms with Gasteiger partial charge >= 0.3 is 5.97 Å². The molecule has 2 N–H and O–H groups in total. The zero-order valence-corrected chi connectivity index (χ0v) is 12.7. The zero-order chi connectivity index (χ0) is 15.2. The summed E-state index contributed by atoms with van der Waals surface area (Å²) in [5, 5.41) is 3.91.